The molecule has 0 radical (unpaired) electrons. The molecule has 0 saturated carbocycles. The first-order valence-electron chi connectivity index (χ1n) is 11.9. The number of hydrogen-bond donors (Lipinski definition) is 0. The van der Waals surface area contributed by atoms with Gasteiger partial charge in [0.1, 0.15) is 10.6 Å². The number of tetrazole rings is 1. The van der Waals surface area contributed by atoms with Crippen LogP contribution in [0.4, 0.5) is 11.8 Å². The molecule has 0 N–H and O–H groups in total. The average Bonchev–Trinajstić information content (AvgIpc) is 3.66. The lowest BCUT2D eigenvalue weighted by Gasteiger charge is -2.36. The topological polar surface area (TPSA) is 88.8 Å². The molecule has 1 aromatic carbocycles. The fourth-order valence-electron chi connectivity index (χ4n) is 5.06. The van der Waals surface area contributed by atoms with Crippen molar-refractivity contribution in [2.75, 3.05) is 36.0 Å². The lowest BCUT2D eigenvalue weighted by molar-refractivity contribution is 0.628. The maximum atomic E-state index is 5.11. The van der Waals surface area contributed by atoms with Gasteiger partial charge in [-0.1, -0.05) is 23.3 Å². The summed E-state index contributed by atoms with van der Waals surface area (Å²) in [6, 6.07) is 14.0. The van der Waals surface area contributed by atoms with Crippen LogP contribution in [-0.4, -0.2) is 61.3 Å². The van der Waals surface area contributed by atoms with Crippen molar-refractivity contribution in [3.63, 3.8) is 0 Å². The van der Waals surface area contributed by atoms with Crippen LogP contribution in [0.2, 0.25) is 0 Å². The van der Waals surface area contributed by atoms with Gasteiger partial charge in [0, 0.05) is 49.0 Å². The molecule has 174 valence electrons. The van der Waals surface area contributed by atoms with E-state index in [-0.39, 0.29) is 0 Å². The van der Waals surface area contributed by atoms with Gasteiger partial charge < -0.3 is 9.80 Å². The van der Waals surface area contributed by atoms with Gasteiger partial charge in [0.05, 0.1) is 11.1 Å². The van der Waals surface area contributed by atoms with Gasteiger partial charge in [-0.3, -0.25) is 4.98 Å². The molecule has 0 amide bonds. The minimum absolute atomic E-state index is 0.746. The fourth-order valence-corrected chi connectivity index (χ4v) is 6.32. The molecule has 0 unspecified atom stereocenters. The number of nitrogens with zero attached hydrogens (tertiary/aromatic N) is 9. The number of aromatic nitrogens is 7. The summed E-state index contributed by atoms with van der Waals surface area (Å²) in [6.45, 7) is 3.30. The van der Waals surface area contributed by atoms with Crippen LogP contribution in [0.1, 0.15) is 16.9 Å². The van der Waals surface area contributed by atoms with Gasteiger partial charge in [-0.2, -0.15) is 4.68 Å². The molecule has 7 rings (SSSR count). The second kappa shape index (κ2) is 8.38. The van der Waals surface area contributed by atoms with Crippen molar-refractivity contribution in [1.82, 2.24) is 35.2 Å². The first-order chi connectivity index (χ1) is 17.3. The van der Waals surface area contributed by atoms with Crippen LogP contribution in [0.15, 0.2) is 54.9 Å². The summed E-state index contributed by atoms with van der Waals surface area (Å²) in [6.07, 6.45) is 7.10. The van der Waals surface area contributed by atoms with Gasteiger partial charge in [-0.15, -0.1) is 11.3 Å². The van der Waals surface area contributed by atoms with Crippen LogP contribution in [0.3, 0.4) is 0 Å². The van der Waals surface area contributed by atoms with E-state index in [4.69, 9.17) is 9.97 Å². The van der Waals surface area contributed by atoms with Crippen molar-refractivity contribution in [3.05, 3.63) is 65.3 Å². The minimum atomic E-state index is 0.746. The molecule has 9 nitrogen and oxygen atoms in total. The monoisotopic (exact) mass is 481 g/mol. The van der Waals surface area contributed by atoms with Crippen LogP contribution in [0.5, 0.6) is 0 Å². The highest BCUT2D eigenvalue weighted by atomic mass is 32.1. The zero-order chi connectivity index (χ0) is 23.2. The molecule has 35 heavy (non-hydrogen) atoms. The van der Waals surface area contributed by atoms with Crippen molar-refractivity contribution < 1.29 is 0 Å². The quantitative estimate of drug-likeness (QED) is 0.385. The normalized spacial score (nSPS) is 15.7. The number of hydrogen-bond acceptors (Lipinski definition) is 9. The second-order valence-corrected chi connectivity index (χ2v) is 9.93. The molecule has 2 aliphatic rings. The van der Waals surface area contributed by atoms with E-state index in [0.29, 0.717) is 0 Å². The number of para-hydroxylation sites is 1. The van der Waals surface area contributed by atoms with Crippen LogP contribution in [-0.2, 0) is 12.8 Å². The van der Waals surface area contributed by atoms with Crippen LogP contribution in [0, 0.1) is 0 Å². The fraction of sp³-hybridized carbons (Fsp3) is 0.280. The first kappa shape index (κ1) is 20.5. The number of thiophene rings is 1. The molecular formula is C25H23N9S. The number of piperazine rings is 1. The van der Waals surface area contributed by atoms with Crippen molar-refractivity contribution in [1.29, 1.82) is 0 Å². The highest BCUT2D eigenvalue weighted by Crippen LogP contribution is 2.41. The zero-order valence-corrected chi connectivity index (χ0v) is 19.9. The largest absolute Gasteiger partial charge is 0.352 e. The van der Waals surface area contributed by atoms with Gasteiger partial charge in [0.15, 0.2) is 5.82 Å². The summed E-state index contributed by atoms with van der Waals surface area (Å²) >= 11 is 1.83. The number of pyridine rings is 1. The van der Waals surface area contributed by atoms with Crippen LogP contribution >= 0.6 is 11.3 Å². The Hall–Kier alpha value is -3.92. The maximum Gasteiger partial charge on any atom is 0.250 e. The van der Waals surface area contributed by atoms with E-state index in [1.165, 1.54) is 22.2 Å². The van der Waals surface area contributed by atoms with Gasteiger partial charge in [0.25, 0.3) is 0 Å². The molecule has 1 aliphatic carbocycles. The summed E-state index contributed by atoms with van der Waals surface area (Å²) in [4.78, 5) is 21.6. The third kappa shape index (κ3) is 3.52. The summed E-state index contributed by atoms with van der Waals surface area (Å²) in [5, 5.41) is 13.8. The van der Waals surface area contributed by atoms with E-state index in [0.717, 1.165) is 72.7 Å². The summed E-state index contributed by atoms with van der Waals surface area (Å²) < 4.78 is 1.81. The van der Waals surface area contributed by atoms with E-state index in [1.807, 2.05) is 64.7 Å². The Balaban J connectivity index is 1.22. The van der Waals surface area contributed by atoms with Gasteiger partial charge in [-0.25, -0.2) is 9.97 Å². The molecule has 4 aromatic heterocycles. The van der Waals surface area contributed by atoms with E-state index < -0.39 is 0 Å². The summed E-state index contributed by atoms with van der Waals surface area (Å²) in [5.41, 5.74) is 3.36. The number of aryl methyl sites for hydroxylation is 2. The molecule has 0 atom stereocenters. The van der Waals surface area contributed by atoms with Gasteiger partial charge in [0.2, 0.25) is 5.95 Å². The van der Waals surface area contributed by atoms with Gasteiger partial charge >= 0.3 is 0 Å². The maximum absolute atomic E-state index is 5.11. The van der Waals surface area contributed by atoms with Crippen molar-refractivity contribution >= 4 is 33.3 Å². The first-order valence-corrected chi connectivity index (χ1v) is 12.7. The Labute approximate surface area is 206 Å². The van der Waals surface area contributed by atoms with Crippen LogP contribution in [0.25, 0.3) is 27.3 Å². The molecule has 0 spiro atoms. The Morgan fingerprint density at radius 3 is 2.54 bits per heavy atom. The van der Waals surface area contributed by atoms with E-state index >= 15 is 0 Å². The lowest BCUT2D eigenvalue weighted by atomic mass is 10.1. The minimum Gasteiger partial charge on any atom is -0.352 e. The highest BCUT2D eigenvalue weighted by Gasteiger charge is 2.28. The standard InChI is InChI=1S/C25H23N9S/c1-2-7-18(8-3-1)34-25(29-30-31-34)33-14-12-32(13-15-33)23-21-19-9-4-10-20(19)35-24(21)28-22(27-23)17-6-5-11-26-16-17/h1-3,5-8,11,16H,4,9-10,12-15H2. The molecule has 10 heteroatoms. The number of fused-ring (bicyclic) bond motifs is 3. The van der Waals surface area contributed by atoms with E-state index in [1.54, 1.807) is 6.20 Å². The third-order valence-corrected chi connectivity index (χ3v) is 7.97. The second-order valence-electron chi connectivity index (χ2n) is 8.85. The van der Waals surface area contributed by atoms with Crippen LogP contribution < -0.4 is 9.80 Å². The zero-order valence-electron chi connectivity index (χ0n) is 19.1. The van der Waals surface area contributed by atoms with Crippen molar-refractivity contribution in [2.24, 2.45) is 0 Å². The molecular weight excluding hydrogens is 458 g/mol. The average molecular weight is 482 g/mol. The SMILES string of the molecule is c1ccc(-n2nnnc2N2CCN(c3nc(-c4cccnc4)nc4sc5c(c34)CCC5)CC2)cc1. The highest BCUT2D eigenvalue weighted by molar-refractivity contribution is 7.19. The molecule has 1 aliphatic heterocycles. The number of benzene rings is 1. The predicted molar refractivity (Wildman–Crippen MR) is 136 cm³/mol. The Morgan fingerprint density at radius 1 is 0.857 bits per heavy atom. The number of anilines is 2. The lowest BCUT2D eigenvalue weighted by Crippen LogP contribution is -2.47. The van der Waals surface area contributed by atoms with Gasteiger partial charge in [-0.05, 0) is 59.5 Å². The van der Waals surface area contributed by atoms with Crippen molar-refractivity contribution in [3.8, 4) is 17.1 Å². The smallest absolute Gasteiger partial charge is 0.250 e. The molecule has 5 heterocycles. The molecule has 1 fully saturated rings. The molecule has 5 aromatic rings. The Morgan fingerprint density at radius 2 is 1.71 bits per heavy atom. The van der Waals surface area contributed by atoms with E-state index in [2.05, 4.69) is 30.3 Å². The Bertz CT molecular complexity index is 1490. The molecule has 1 saturated heterocycles. The molecule has 0 bridgehead atoms. The van der Waals surface area contributed by atoms with E-state index in [9.17, 15) is 0 Å². The predicted octanol–water partition coefficient (Wildman–Crippen LogP) is 3.54. The summed E-state index contributed by atoms with van der Waals surface area (Å²) in [5.74, 6) is 2.57. The third-order valence-electron chi connectivity index (χ3n) is 6.78. The van der Waals surface area contributed by atoms with Crippen molar-refractivity contribution in [2.45, 2.75) is 19.3 Å². The number of rotatable bonds is 4. The summed E-state index contributed by atoms with van der Waals surface area (Å²) in [7, 11) is 0. The Kier molecular flexibility index (Phi) is 4.90.